The molecule has 78 valence electrons. The van der Waals surface area contributed by atoms with Gasteiger partial charge in [0.25, 0.3) is 0 Å². The van der Waals surface area contributed by atoms with E-state index in [2.05, 4.69) is 10.4 Å². The molecule has 2 rings (SSSR count). The number of piperidine rings is 1. The number of hydrogen-bond donors (Lipinski definition) is 1. The second-order valence-electron chi connectivity index (χ2n) is 3.85. The van der Waals surface area contributed by atoms with Gasteiger partial charge in [0.1, 0.15) is 5.60 Å². The number of nitrogens with one attached hydrogen (secondary N) is 1. The molecule has 1 aromatic heterocycles. The molecule has 1 aliphatic heterocycles. The van der Waals surface area contributed by atoms with Crippen LogP contribution in [0.3, 0.4) is 0 Å². The van der Waals surface area contributed by atoms with Crippen molar-refractivity contribution in [2.45, 2.75) is 18.4 Å². The van der Waals surface area contributed by atoms with Gasteiger partial charge in [-0.05, 0) is 25.5 Å². The van der Waals surface area contributed by atoms with Gasteiger partial charge in [-0.25, -0.2) is 0 Å². The predicted octanol–water partition coefficient (Wildman–Crippen LogP) is 0.645. The maximum absolute atomic E-state index is 5.64. The van der Waals surface area contributed by atoms with Gasteiger partial charge in [-0.15, -0.1) is 0 Å². The average Bonchev–Trinajstić information content (AvgIpc) is 2.66. The Morgan fingerprint density at radius 3 is 3.00 bits per heavy atom. The summed E-state index contributed by atoms with van der Waals surface area (Å²) < 4.78 is 7.46. The highest BCUT2D eigenvalue weighted by atomic mass is 16.5. The van der Waals surface area contributed by atoms with Crippen LogP contribution in [0, 0.1) is 0 Å². The lowest BCUT2D eigenvalue weighted by molar-refractivity contribution is -0.0370. The zero-order chi connectivity index (χ0) is 10.0. The molecule has 0 spiro atoms. The predicted molar refractivity (Wildman–Crippen MR) is 54.0 cm³/mol. The van der Waals surface area contributed by atoms with Gasteiger partial charge in [-0.2, -0.15) is 5.10 Å². The van der Waals surface area contributed by atoms with Crippen molar-refractivity contribution in [2.24, 2.45) is 7.05 Å². The van der Waals surface area contributed by atoms with E-state index in [1.54, 1.807) is 7.11 Å². The molecule has 0 amide bonds. The minimum absolute atomic E-state index is 0.209. The molecule has 0 bridgehead atoms. The van der Waals surface area contributed by atoms with Crippen molar-refractivity contribution in [3.63, 3.8) is 0 Å². The number of aromatic nitrogens is 2. The van der Waals surface area contributed by atoms with Crippen molar-refractivity contribution in [3.8, 4) is 0 Å². The third kappa shape index (κ3) is 1.55. The molecule has 1 aliphatic rings. The lowest BCUT2D eigenvalue weighted by Gasteiger charge is -2.34. The Labute approximate surface area is 84.3 Å². The molecule has 1 N–H and O–H groups in total. The van der Waals surface area contributed by atoms with Crippen LogP contribution in [-0.4, -0.2) is 30.0 Å². The number of hydrogen-bond acceptors (Lipinski definition) is 3. The summed E-state index contributed by atoms with van der Waals surface area (Å²) in [5.74, 6) is 0. The van der Waals surface area contributed by atoms with E-state index >= 15 is 0 Å². The molecule has 4 nitrogen and oxygen atoms in total. The number of methoxy groups -OCH3 is 1. The molecule has 4 heteroatoms. The van der Waals surface area contributed by atoms with E-state index < -0.39 is 0 Å². The van der Waals surface area contributed by atoms with Crippen LogP contribution in [0.4, 0.5) is 0 Å². The van der Waals surface area contributed by atoms with Gasteiger partial charge in [-0.1, -0.05) is 0 Å². The number of ether oxygens (including phenoxy) is 1. The monoisotopic (exact) mass is 195 g/mol. The molecule has 14 heavy (non-hydrogen) atoms. The van der Waals surface area contributed by atoms with Gasteiger partial charge < -0.3 is 10.1 Å². The molecular formula is C10H17N3O. The van der Waals surface area contributed by atoms with E-state index in [0.29, 0.717) is 0 Å². The first-order valence-electron chi connectivity index (χ1n) is 5.03. The fourth-order valence-corrected chi connectivity index (χ4v) is 2.03. The highest BCUT2D eigenvalue weighted by molar-refractivity contribution is 5.13. The molecule has 1 unspecified atom stereocenters. The number of nitrogens with zero attached hydrogens (tertiary/aromatic N) is 2. The fraction of sp³-hybridized carbons (Fsp3) is 0.700. The van der Waals surface area contributed by atoms with Crippen LogP contribution in [0.2, 0.25) is 0 Å². The van der Waals surface area contributed by atoms with Crippen LogP contribution in [0.25, 0.3) is 0 Å². The Balaban J connectivity index is 2.26. The molecular weight excluding hydrogens is 178 g/mol. The second kappa shape index (κ2) is 3.71. The number of rotatable bonds is 2. The Morgan fingerprint density at radius 1 is 1.64 bits per heavy atom. The van der Waals surface area contributed by atoms with E-state index in [0.717, 1.165) is 31.6 Å². The Bertz CT molecular complexity index is 302. The lowest BCUT2D eigenvalue weighted by Crippen LogP contribution is -2.45. The van der Waals surface area contributed by atoms with Gasteiger partial charge >= 0.3 is 0 Å². The molecule has 1 fully saturated rings. The average molecular weight is 195 g/mol. The highest BCUT2D eigenvalue weighted by Gasteiger charge is 2.35. The van der Waals surface area contributed by atoms with Gasteiger partial charge in [0.2, 0.25) is 0 Å². The largest absolute Gasteiger partial charge is 0.371 e. The lowest BCUT2D eigenvalue weighted by atomic mass is 9.90. The quantitative estimate of drug-likeness (QED) is 0.753. The normalized spacial score (nSPS) is 27.9. The van der Waals surface area contributed by atoms with Gasteiger partial charge in [0.15, 0.2) is 0 Å². The topological polar surface area (TPSA) is 39.1 Å². The number of aryl methyl sites for hydroxylation is 1. The SMILES string of the molecule is COC1(c2ccn(C)n2)CCCNC1. The molecule has 0 aromatic carbocycles. The Hall–Kier alpha value is -0.870. The third-order valence-electron chi connectivity index (χ3n) is 2.92. The molecule has 2 heterocycles. The van der Waals surface area contributed by atoms with E-state index in [1.807, 2.05) is 24.0 Å². The zero-order valence-electron chi connectivity index (χ0n) is 8.79. The van der Waals surface area contributed by atoms with Crippen LogP contribution in [-0.2, 0) is 17.4 Å². The first-order chi connectivity index (χ1) is 6.77. The zero-order valence-corrected chi connectivity index (χ0v) is 8.79. The third-order valence-corrected chi connectivity index (χ3v) is 2.92. The van der Waals surface area contributed by atoms with Gasteiger partial charge in [0, 0.05) is 26.9 Å². The van der Waals surface area contributed by atoms with Gasteiger partial charge in [0.05, 0.1) is 5.69 Å². The minimum atomic E-state index is -0.209. The highest BCUT2D eigenvalue weighted by Crippen LogP contribution is 2.30. The summed E-state index contributed by atoms with van der Waals surface area (Å²) in [5, 5.41) is 7.79. The summed E-state index contributed by atoms with van der Waals surface area (Å²) in [6.07, 6.45) is 4.16. The standard InChI is InChI=1S/C10H17N3O/c1-13-7-4-9(12-13)10(14-2)5-3-6-11-8-10/h4,7,11H,3,5-6,8H2,1-2H3. The van der Waals surface area contributed by atoms with Crippen LogP contribution >= 0.6 is 0 Å². The van der Waals surface area contributed by atoms with Crippen LogP contribution in [0.15, 0.2) is 12.3 Å². The summed E-state index contributed by atoms with van der Waals surface area (Å²) in [7, 11) is 3.70. The maximum atomic E-state index is 5.64. The summed E-state index contributed by atoms with van der Waals surface area (Å²) in [6.45, 7) is 1.94. The molecule has 0 aliphatic carbocycles. The van der Waals surface area contributed by atoms with Crippen molar-refractivity contribution in [3.05, 3.63) is 18.0 Å². The van der Waals surface area contributed by atoms with Crippen LogP contribution in [0.5, 0.6) is 0 Å². The fourth-order valence-electron chi connectivity index (χ4n) is 2.03. The summed E-state index contributed by atoms with van der Waals surface area (Å²) in [4.78, 5) is 0. The molecule has 1 saturated heterocycles. The molecule has 1 atom stereocenters. The van der Waals surface area contributed by atoms with E-state index in [1.165, 1.54) is 0 Å². The minimum Gasteiger partial charge on any atom is -0.371 e. The molecule has 0 radical (unpaired) electrons. The maximum Gasteiger partial charge on any atom is 0.124 e. The van der Waals surface area contributed by atoms with Crippen molar-refractivity contribution in [1.82, 2.24) is 15.1 Å². The van der Waals surface area contributed by atoms with Crippen LogP contribution < -0.4 is 5.32 Å². The Morgan fingerprint density at radius 2 is 2.50 bits per heavy atom. The summed E-state index contributed by atoms with van der Waals surface area (Å²) in [5.41, 5.74) is 0.828. The molecule has 0 saturated carbocycles. The first kappa shape index (κ1) is 9.68. The van der Waals surface area contributed by atoms with Crippen molar-refractivity contribution < 1.29 is 4.74 Å². The van der Waals surface area contributed by atoms with E-state index in [-0.39, 0.29) is 5.60 Å². The second-order valence-corrected chi connectivity index (χ2v) is 3.85. The van der Waals surface area contributed by atoms with Gasteiger partial charge in [-0.3, -0.25) is 4.68 Å². The van der Waals surface area contributed by atoms with Crippen molar-refractivity contribution in [1.29, 1.82) is 0 Å². The van der Waals surface area contributed by atoms with E-state index in [4.69, 9.17) is 4.74 Å². The van der Waals surface area contributed by atoms with Crippen molar-refractivity contribution in [2.75, 3.05) is 20.2 Å². The molecule has 1 aromatic rings. The van der Waals surface area contributed by atoms with Crippen LogP contribution in [0.1, 0.15) is 18.5 Å². The van der Waals surface area contributed by atoms with E-state index in [9.17, 15) is 0 Å². The first-order valence-corrected chi connectivity index (χ1v) is 5.03. The smallest absolute Gasteiger partial charge is 0.124 e. The summed E-state index contributed by atoms with van der Waals surface area (Å²) in [6, 6.07) is 2.04. The summed E-state index contributed by atoms with van der Waals surface area (Å²) >= 11 is 0. The van der Waals surface area contributed by atoms with Crippen molar-refractivity contribution >= 4 is 0 Å². The Kier molecular flexibility index (Phi) is 2.56.